The number of ether oxygens (including phenoxy) is 1. The molecule has 2 aromatic rings. The number of para-hydroxylation sites is 1. The van der Waals surface area contributed by atoms with Crippen molar-refractivity contribution in [2.45, 2.75) is 6.36 Å². The van der Waals surface area contributed by atoms with Crippen molar-refractivity contribution in [3.63, 3.8) is 0 Å². The van der Waals surface area contributed by atoms with E-state index in [1.54, 1.807) is 30.3 Å². The summed E-state index contributed by atoms with van der Waals surface area (Å²) in [7, 11) is 0. The van der Waals surface area contributed by atoms with Crippen LogP contribution >= 0.6 is 11.6 Å². The van der Waals surface area contributed by atoms with Crippen LogP contribution in [0.2, 0.25) is 5.02 Å². The number of nitrogens with zero attached hydrogens (tertiary/aromatic N) is 2. The van der Waals surface area contributed by atoms with E-state index in [1.165, 1.54) is 0 Å². The fourth-order valence-electron chi connectivity index (χ4n) is 1.74. The fraction of sp³-hybridized carbons (Fsp3) is 0.0625. The van der Waals surface area contributed by atoms with Gasteiger partial charge in [-0.25, -0.2) is 0 Å². The Bertz CT molecular complexity index is 843. The maximum absolute atomic E-state index is 12.2. The van der Waals surface area contributed by atoms with Crippen LogP contribution in [0.5, 0.6) is 5.75 Å². The third-order valence-corrected chi connectivity index (χ3v) is 3.16. The van der Waals surface area contributed by atoms with Gasteiger partial charge in [-0.3, -0.25) is 10.2 Å². The van der Waals surface area contributed by atoms with Crippen LogP contribution in [0, 0.1) is 11.3 Å². The Morgan fingerprint density at radius 2 is 1.80 bits per heavy atom. The third kappa shape index (κ3) is 5.22. The Balaban J connectivity index is 2.15. The molecule has 0 saturated carbocycles. The summed E-state index contributed by atoms with van der Waals surface area (Å²) >= 11 is 5.91. The van der Waals surface area contributed by atoms with Crippen molar-refractivity contribution < 1.29 is 22.7 Å². The summed E-state index contributed by atoms with van der Waals surface area (Å²) in [6.45, 7) is 0. The number of halogens is 4. The minimum absolute atomic E-state index is 0.0178. The molecule has 0 aromatic heterocycles. The Morgan fingerprint density at radius 1 is 1.16 bits per heavy atom. The van der Waals surface area contributed by atoms with Gasteiger partial charge in [-0.15, -0.1) is 13.2 Å². The van der Waals surface area contributed by atoms with Crippen molar-refractivity contribution in [2.24, 2.45) is 5.10 Å². The molecule has 0 atom stereocenters. The predicted octanol–water partition coefficient (Wildman–Crippen LogP) is 4.41. The first-order valence-electron chi connectivity index (χ1n) is 6.69. The van der Waals surface area contributed by atoms with E-state index in [9.17, 15) is 18.0 Å². The molecule has 1 N–H and O–H groups in total. The molecule has 0 aliphatic heterocycles. The minimum Gasteiger partial charge on any atom is -0.406 e. The van der Waals surface area contributed by atoms with Gasteiger partial charge >= 0.3 is 6.36 Å². The second-order valence-electron chi connectivity index (χ2n) is 4.57. The van der Waals surface area contributed by atoms with Gasteiger partial charge in [-0.1, -0.05) is 23.7 Å². The summed E-state index contributed by atoms with van der Waals surface area (Å²) in [5, 5.41) is 13.1. The van der Waals surface area contributed by atoms with Gasteiger partial charge in [0.1, 0.15) is 11.8 Å². The highest BCUT2D eigenvalue weighted by atomic mass is 35.5. The first-order valence-corrected chi connectivity index (χ1v) is 7.07. The average Bonchev–Trinajstić information content (AvgIpc) is 2.56. The van der Waals surface area contributed by atoms with Crippen LogP contribution in [0.1, 0.15) is 10.4 Å². The van der Waals surface area contributed by atoms with Gasteiger partial charge in [0.2, 0.25) is 11.5 Å². The number of benzene rings is 2. The number of carbonyl (C=O) groups excluding carboxylic acids is 1. The monoisotopic (exact) mass is 367 g/mol. The van der Waals surface area contributed by atoms with E-state index in [2.05, 4.69) is 15.3 Å². The lowest BCUT2D eigenvalue weighted by molar-refractivity contribution is -0.274. The molecule has 0 bridgehead atoms. The number of Topliss-reactive ketones (excluding diaryl/α,β-unsaturated/α-hetero) is 1. The first kappa shape index (κ1) is 18.3. The number of hydrogen-bond acceptors (Lipinski definition) is 5. The molecule has 9 heteroatoms. The molecule has 5 nitrogen and oxygen atoms in total. The maximum Gasteiger partial charge on any atom is 0.573 e. The molecule has 2 rings (SSSR count). The highest BCUT2D eigenvalue weighted by Crippen LogP contribution is 2.23. The van der Waals surface area contributed by atoms with Gasteiger partial charge in [0, 0.05) is 5.56 Å². The second kappa shape index (κ2) is 7.68. The summed E-state index contributed by atoms with van der Waals surface area (Å²) in [4.78, 5) is 12.2. The highest BCUT2D eigenvalue weighted by Gasteiger charge is 2.31. The van der Waals surface area contributed by atoms with Crippen LogP contribution in [0.25, 0.3) is 0 Å². The number of alkyl halides is 3. The molecule has 0 heterocycles. The van der Waals surface area contributed by atoms with Crippen LogP contribution < -0.4 is 10.2 Å². The van der Waals surface area contributed by atoms with Crippen LogP contribution in [-0.2, 0) is 0 Å². The SMILES string of the molecule is N#C/C(=N/Nc1ccccc1Cl)C(=O)c1ccc(OC(F)(F)F)cc1. The molecule has 0 spiro atoms. The molecule has 0 fully saturated rings. The van der Waals surface area contributed by atoms with Gasteiger partial charge in [-0.05, 0) is 36.4 Å². The zero-order valence-corrected chi connectivity index (χ0v) is 13.1. The molecule has 25 heavy (non-hydrogen) atoms. The van der Waals surface area contributed by atoms with Crippen molar-refractivity contribution >= 4 is 28.8 Å². The fourth-order valence-corrected chi connectivity index (χ4v) is 1.92. The van der Waals surface area contributed by atoms with Gasteiger partial charge in [0.25, 0.3) is 0 Å². The van der Waals surface area contributed by atoms with Crippen molar-refractivity contribution in [1.29, 1.82) is 5.26 Å². The maximum atomic E-state index is 12.2. The number of hydrazone groups is 1. The Labute approximate surface area is 145 Å². The number of anilines is 1. The number of carbonyl (C=O) groups is 1. The summed E-state index contributed by atoms with van der Waals surface area (Å²) in [6, 6.07) is 12.3. The number of rotatable bonds is 5. The largest absolute Gasteiger partial charge is 0.573 e. The number of ketones is 1. The Kier molecular flexibility index (Phi) is 5.62. The first-order chi connectivity index (χ1) is 11.8. The number of nitriles is 1. The Hall–Kier alpha value is -3.05. The van der Waals surface area contributed by atoms with E-state index in [0.29, 0.717) is 10.7 Å². The predicted molar refractivity (Wildman–Crippen MR) is 85.6 cm³/mol. The third-order valence-electron chi connectivity index (χ3n) is 2.83. The normalized spacial score (nSPS) is 11.6. The molecular weight excluding hydrogens is 359 g/mol. The van der Waals surface area contributed by atoms with Crippen molar-refractivity contribution in [3.05, 3.63) is 59.1 Å². The lowest BCUT2D eigenvalue weighted by Crippen LogP contribution is -2.17. The lowest BCUT2D eigenvalue weighted by atomic mass is 10.1. The molecule has 128 valence electrons. The van der Waals surface area contributed by atoms with E-state index in [-0.39, 0.29) is 5.56 Å². The van der Waals surface area contributed by atoms with E-state index >= 15 is 0 Å². The number of nitrogens with one attached hydrogen (secondary N) is 1. The summed E-state index contributed by atoms with van der Waals surface area (Å²) < 4.78 is 40.0. The van der Waals surface area contributed by atoms with E-state index < -0.39 is 23.6 Å². The van der Waals surface area contributed by atoms with Gasteiger partial charge < -0.3 is 4.74 Å². The van der Waals surface area contributed by atoms with E-state index in [1.807, 2.05) is 0 Å². The topological polar surface area (TPSA) is 74.5 Å². The Morgan fingerprint density at radius 3 is 2.36 bits per heavy atom. The van der Waals surface area contributed by atoms with Crippen LogP contribution in [-0.4, -0.2) is 17.9 Å². The van der Waals surface area contributed by atoms with Gasteiger partial charge in [0.05, 0.1) is 10.7 Å². The molecule has 0 amide bonds. The van der Waals surface area contributed by atoms with Crippen LogP contribution in [0.15, 0.2) is 53.6 Å². The molecule has 2 aromatic carbocycles. The summed E-state index contributed by atoms with van der Waals surface area (Å²) in [5.74, 6) is -1.24. The smallest absolute Gasteiger partial charge is 0.406 e. The van der Waals surface area contributed by atoms with Crippen molar-refractivity contribution in [3.8, 4) is 11.8 Å². The minimum atomic E-state index is -4.83. The zero-order valence-electron chi connectivity index (χ0n) is 12.3. The second-order valence-corrected chi connectivity index (χ2v) is 4.97. The summed E-state index contributed by atoms with van der Waals surface area (Å²) in [6.07, 6.45) is -4.83. The van der Waals surface area contributed by atoms with Gasteiger partial charge in [-0.2, -0.15) is 10.4 Å². The van der Waals surface area contributed by atoms with Crippen molar-refractivity contribution in [1.82, 2.24) is 0 Å². The summed E-state index contributed by atoms with van der Waals surface area (Å²) in [5.41, 5.74) is 2.38. The van der Waals surface area contributed by atoms with Crippen molar-refractivity contribution in [2.75, 3.05) is 5.43 Å². The van der Waals surface area contributed by atoms with Gasteiger partial charge in [0.15, 0.2) is 0 Å². The van der Waals surface area contributed by atoms with E-state index in [4.69, 9.17) is 16.9 Å². The molecular formula is C16H9ClF3N3O2. The number of hydrogen-bond donors (Lipinski definition) is 1. The molecule has 0 radical (unpaired) electrons. The molecule has 0 saturated heterocycles. The zero-order chi connectivity index (χ0) is 18.4. The van der Waals surface area contributed by atoms with E-state index in [0.717, 1.165) is 24.3 Å². The van der Waals surface area contributed by atoms with Crippen LogP contribution in [0.4, 0.5) is 18.9 Å². The van der Waals surface area contributed by atoms with Crippen LogP contribution in [0.3, 0.4) is 0 Å². The quantitative estimate of drug-likeness (QED) is 0.482. The average molecular weight is 368 g/mol. The lowest BCUT2D eigenvalue weighted by Gasteiger charge is -2.08. The molecule has 0 aliphatic rings. The molecule has 0 aliphatic carbocycles. The molecule has 0 unspecified atom stereocenters. The highest BCUT2D eigenvalue weighted by molar-refractivity contribution is 6.51. The standard InChI is InChI=1S/C16H9ClF3N3O2/c17-12-3-1-2-4-13(12)22-23-14(9-21)15(24)10-5-7-11(8-6-10)25-16(18,19)20/h1-8,22H/b23-14-.